The van der Waals surface area contributed by atoms with Crippen molar-refractivity contribution in [1.82, 2.24) is 25.4 Å². The van der Waals surface area contributed by atoms with Crippen LogP contribution >= 0.6 is 46.2 Å². The number of rotatable bonds is 10. The minimum Gasteiger partial charge on any atom is -0.477 e. The molecule has 2 amide bonds. The predicted molar refractivity (Wildman–Crippen MR) is 133 cm³/mol. The summed E-state index contributed by atoms with van der Waals surface area (Å²) in [6.45, 7) is 1.86. The highest BCUT2D eigenvalue weighted by molar-refractivity contribution is 8.01. The van der Waals surface area contributed by atoms with Crippen molar-refractivity contribution in [2.75, 3.05) is 23.8 Å². The maximum absolute atomic E-state index is 13.0. The summed E-state index contributed by atoms with van der Waals surface area (Å²) in [5.41, 5.74) is 13.4. The standard InChI is InChI=1S/C18H20N8O5S4/c1-7(2-19)31-25-10(9-5-33-17(20)22-9)13(27)23-11-14(28)26-12(16(29)30)8(3-32-15(11)26)4-34-18-24-21-6-35-18/h5-7,11,15H,2-4,19H2,1H3,(H2,20,22)(H,23,27)(H,29,30)/t7-,11?,15-/m0/s1. The van der Waals surface area contributed by atoms with E-state index in [4.69, 9.17) is 16.3 Å². The summed E-state index contributed by atoms with van der Waals surface area (Å²) in [6.07, 6.45) is -0.455. The molecule has 0 aliphatic carbocycles. The van der Waals surface area contributed by atoms with Gasteiger partial charge in [0, 0.05) is 23.4 Å². The predicted octanol–water partition coefficient (Wildman–Crippen LogP) is 0.176. The molecule has 2 aliphatic rings. The van der Waals surface area contributed by atoms with Crippen molar-refractivity contribution in [3.8, 4) is 0 Å². The highest BCUT2D eigenvalue weighted by atomic mass is 32.2. The lowest BCUT2D eigenvalue weighted by Crippen LogP contribution is -2.71. The SMILES string of the molecule is C[C@@H](CN)ON=C(C(=O)NC1C(=O)N2C(C(=O)O)=C(CSc3nncs3)CS[C@@H]12)c1csc(N)n1. The maximum atomic E-state index is 13.0. The van der Waals surface area contributed by atoms with Crippen molar-refractivity contribution >= 4 is 74.8 Å². The highest BCUT2D eigenvalue weighted by Crippen LogP contribution is 2.41. The molecule has 0 spiro atoms. The molecule has 1 fully saturated rings. The molecule has 0 radical (unpaired) electrons. The number of nitrogens with one attached hydrogen (secondary N) is 1. The molecule has 2 aliphatic heterocycles. The van der Waals surface area contributed by atoms with E-state index >= 15 is 0 Å². The average molecular weight is 557 g/mol. The number of carbonyl (C=O) groups excluding carboxylic acids is 2. The Morgan fingerprint density at radius 3 is 2.89 bits per heavy atom. The van der Waals surface area contributed by atoms with Crippen LogP contribution in [-0.2, 0) is 19.2 Å². The zero-order valence-electron chi connectivity index (χ0n) is 18.1. The lowest BCUT2D eigenvalue weighted by molar-refractivity contribution is -0.150. The topological polar surface area (TPSA) is 199 Å². The Hall–Kier alpha value is -2.73. The third-order valence-corrected chi connectivity index (χ3v) is 8.84. The van der Waals surface area contributed by atoms with Crippen LogP contribution in [0.1, 0.15) is 12.6 Å². The number of anilines is 1. The van der Waals surface area contributed by atoms with Crippen molar-refractivity contribution in [2.45, 2.75) is 28.8 Å². The summed E-state index contributed by atoms with van der Waals surface area (Å²) >= 11 is 5.19. The number of hydrogen-bond acceptors (Lipinski definition) is 14. The minimum atomic E-state index is -1.20. The van der Waals surface area contributed by atoms with Gasteiger partial charge in [0.1, 0.15) is 34.4 Å². The molecular weight excluding hydrogens is 537 g/mol. The van der Waals surface area contributed by atoms with Gasteiger partial charge in [0.05, 0.1) is 0 Å². The van der Waals surface area contributed by atoms with Gasteiger partial charge >= 0.3 is 5.97 Å². The van der Waals surface area contributed by atoms with Gasteiger partial charge in [0.15, 0.2) is 15.2 Å². The molecule has 0 bridgehead atoms. The molecule has 1 unspecified atom stereocenters. The minimum absolute atomic E-state index is 0.0671. The maximum Gasteiger partial charge on any atom is 0.352 e. The second kappa shape index (κ2) is 10.9. The zero-order valence-corrected chi connectivity index (χ0v) is 21.4. The van der Waals surface area contributed by atoms with E-state index in [0.29, 0.717) is 21.4 Å². The van der Waals surface area contributed by atoms with Crippen LogP contribution in [0.25, 0.3) is 0 Å². The Kier molecular flexibility index (Phi) is 7.90. The van der Waals surface area contributed by atoms with Crippen LogP contribution in [0.15, 0.2) is 31.7 Å². The molecule has 35 heavy (non-hydrogen) atoms. The van der Waals surface area contributed by atoms with E-state index in [2.05, 4.69) is 25.7 Å². The average Bonchev–Trinajstić information content (AvgIpc) is 3.52. The molecule has 4 rings (SSSR count). The number of aliphatic carboxylic acids is 1. The van der Waals surface area contributed by atoms with Gasteiger partial charge in [-0.1, -0.05) is 28.3 Å². The lowest BCUT2D eigenvalue weighted by atomic mass is 10.0. The van der Waals surface area contributed by atoms with E-state index in [-0.39, 0.29) is 28.8 Å². The van der Waals surface area contributed by atoms with Crippen molar-refractivity contribution in [2.24, 2.45) is 10.9 Å². The zero-order chi connectivity index (χ0) is 25.1. The molecule has 6 N–H and O–H groups in total. The van der Waals surface area contributed by atoms with Crippen LogP contribution < -0.4 is 16.8 Å². The monoisotopic (exact) mass is 556 g/mol. The number of oxime groups is 1. The number of thiazole rings is 1. The molecule has 2 aromatic heterocycles. The molecule has 4 heterocycles. The molecular formula is C18H20N8O5S4. The number of nitrogens with two attached hydrogens (primary N) is 2. The Bertz CT molecular complexity index is 1180. The van der Waals surface area contributed by atoms with Crippen molar-refractivity contribution < 1.29 is 24.3 Å². The summed E-state index contributed by atoms with van der Waals surface area (Å²) in [5, 5.41) is 25.2. The van der Waals surface area contributed by atoms with Gasteiger partial charge in [0.25, 0.3) is 11.8 Å². The number of nitrogens with zero attached hydrogens (tertiary/aromatic N) is 5. The Morgan fingerprint density at radius 2 is 2.26 bits per heavy atom. The van der Waals surface area contributed by atoms with Crippen LogP contribution in [0.2, 0.25) is 0 Å². The lowest BCUT2D eigenvalue weighted by Gasteiger charge is -2.49. The first-order valence-corrected chi connectivity index (χ1v) is 13.8. The molecule has 13 nitrogen and oxygen atoms in total. The van der Waals surface area contributed by atoms with E-state index in [0.717, 1.165) is 11.3 Å². The number of amides is 2. The van der Waals surface area contributed by atoms with Crippen LogP contribution in [-0.4, -0.2) is 84.3 Å². The fraction of sp³-hybridized carbons (Fsp3) is 0.389. The molecule has 0 saturated carbocycles. The molecule has 3 atom stereocenters. The largest absolute Gasteiger partial charge is 0.477 e. The first-order valence-electron chi connectivity index (χ1n) is 10.0. The number of carbonyl (C=O) groups is 3. The Labute approximate surface area is 215 Å². The number of fused-ring (bicyclic) bond motifs is 1. The number of carboxylic acids is 1. The van der Waals surface area contributed by atoms with Crippen LogP contribution in [0.4, 0.5) is 5.13 Å². The second-order valence-electron chi connectivity index (χ2n) is 7.27. The van der Waals surface area contributed by atoms with E-state index < -0.39 is 35.3 Å². The van der Waals surface area contributed by atoms with Crippen LogP contribution in [0.3, 0.4) is 0 Å². The molecule has 186 valence electrons. The summed E-state index contributed by atoms with van der Waals surface area (Å²) in [4.78, 5) is 48.5. The second-order valence-corrected chi connectivity index (χ2v) is 11.3. The number of hydrogen-bond donors (Lipinski definition) is 4. The fourth-order valence-corrected chi connectivity index (χ4v) is 6.69. The smallest absolute Gasteiger partial charge is 0.352 e. The van der Waals surface area contributed by atoms with Gasteiger partial charge in [-0.2, -0.15) is 0 Å². The third-order valence-electron chi connectivity index (χ3n) is 4.88. The van der Waals surface area contributed by atoms with Crippen LogP contribution in [0, 0.1) is 0 Å². The van der Waals surface area contributed by atoms with E-state index in [1.165, 1.54) is 39.8 Å². The number of β-lactam (4-membered cyclic amide) rings is 1. The van der Waals surface area contributed by atoms with Crippen molar-refractivity contribution in [3.63, 3.8) is 0 Å². The molecule has 2 aromatic rings. The normalized spacial score (nSPS) is 20.8. The van der Waals surface area contributed by atoms with Gasteiger partial charge in [-0.3, -0.25) is 14.5 Å². The van der Waals surface area contributed by atoms with Gasteiger partial charge in [-0.25, -0.2) is 9.78 Å². The van der Waals surface area contributed by atoms with E-state index in [1.807, 2.05) is 0 Å². The number of aromatic nitrogens is 3. The van der Waals surface area contributed by atoms with E-state index in [1.54, 1.807) is 17.8 Å². The Balaban J connectivity index is 1.49. The van der Waals surface area contributed by atoms with Gasteiger partial charge in [-0.15, -0.1) is 33.3 Å². The summed E-state index contributed by atoms with van der Waals surface area (Å²) < 4.78 is 0.704. The molecule has 0 aromatic carbocycles. The highest BCUT2D eigenvalue weighted by Gasteiger charge is 2.54. The van der Waals surface area contributed by atoms with E-state index in [9.17, 15) is 19.5 Å². The first kappa shape index (κ1) is 25.4. The van der Waals surface area contributed by atoms with Gasteiger partial charge in [0.2, 0.25) is 0 Å². The quantitative estimate of drug-likeness (QED) is 0.134. The number of nitrogen functional groups attached to an aromatic ring is 1. The van der Waals surface area contributed by atoms with Gasteiger partial charge < -0.3 is 26.7 Å². The summed E-state index contributed by atoms with van der Waals surface area (Å²) in [5.74, 6) is -1.69. The van der Waals surface area contributed by atoms with Crippen LogP contribution in [0.5, 0.6) is 0 Å². The van der Waals surface area contributed by atoms with Crippen molar-refractivity contribution in [3.05, 3.63) is 27.9 Å². The first-order chi connectivity index (χ1) is 16.8. The molecule has 17 heteroatoms. The third kappa shape index (κ3) is 5.43. The fourth-order valence-electron chi connectivity index (χ4n) is 3.17. The number of carboxylic acid groups (broad SMARTS) is 1. The summed E-state index contributed by atoms with van der Waals surface area (Å²) in [7, 11) is 0. The van der Waals surface area contributed by atoms with Gasteiger partial charge in [-0.05, 0) is 12.5 Å². The van der Waals surface area contributed by atoms with Crippen molar-refractivity contribution in [1.29, 1.82) is 0 Å². The number of thioether (sulfide) groups is 2. The Morgan fingerprint density at radius 1 is 1.46 bits per heavy atom. The summed E-state index contributed by atoms with van der Waals surface area (Å²) in [6, 6.07) is -0.938. The molecule has 1 saturated heterocycles.